The van der Waals surface area contributed by atoms with Crippen molar-refractivity contribution < 1.29 is 9.90 Å². The van der Waals surface area contributed by atoms with E-state index in [9.17, 15) is 4.79 Å². The summed E-state index contributed by atoms with van der Waals surface area (Å²) in [4.78, 5) is 10.8. The van der Waals surface area contributed by atoms with Gasteiger partial charge in [-0.3, -0.25) is 0 Å². The van der Waals surface area contributed by atoms with Crippen molar-refractivity contribution in [2.45, 2.75) is 33.2 Å². The fourth-order valence-corrected chi connectivity index (χ4v) is 1.94. The van der Waals surface area contributed by atoms with Crippen molar-refractivity contribution in [1.29, 1.82) is 0 Å². The van der Waals surface area contributed by atoms with Gasteiger partial charge in [0.05, 0.1) is 16.3 Å². The molecule has 1 atom stereocenters. The van der Waals surface area contributed by atoms with E-state index in [-0.39, 0.29) is 5.56 Å². The maximum atomic E-state index is 10.8. The molecule has 2 N–H and O–H groups in total. The Bertz CT molecular complexity index is 404. The van der Waals surface area contributed by atoms with Crippen LogP contribution >= 0.6 is 11.6 Å². The van der Waals surface area contributed by atoms with Crippen molar-refractivity contribution in [3.05, 3.63) is 28.8 Å². The molecule has 1 aromatic rings. The van der Waals surface area contributed by atoms with Gasteiger partial charge in [0.2, 0.25) is 0 Å². The third-order valence-electron chi connectivity index (χ3n) is 2.80. The van der Waals surface area contributed by atoms with Crippen molar-refractivity contribution in [1.82, 2.24) is 0 Å². The predicted octanol–water partition coefficient (Wildman–Crippen LogP) is 3.88. The number of carboxylic acid groups (broad SMARTS) is 1. The predicted molar refractivity (Wildman–Crippen MR) is 71.0 cm³/mol. The SMILES string of the molecule is CCC(Nc1ccc(C(=O)O)cc1Cl)C(C)C. The molecule has 0 saturated carbocycles. The minimum absolute atomic E-state index is 0.207. The second-order valence-electron chi connectivity index (χ2n) is 4.40. The van der Waals surface area contributed by atoms with Crippen LogP contribution in [0.3, 0.4) is 0 Å². The third-order valence-corrected chi connectivity index (χ3v) is 3.11. The molecule has 1 rings (SSSR count). The molecular weight excluding hydrogens is 238 g/mol. The van der Waals surface area contributed by atoms with Crippen LogP contribution in [-0.2, 0) is 0 Å². The van der Waals surface area contributed by atoms with E-state index in [1.807, 2.05) is 0 Å². The molecule has 0 aliphatic rings. The van der Waals surface area contributed by atoms with Crippen LogP contribution < -0.4 is 5.32 Å². The van der Waals surface area contributed by atoms with E-state index in [0.717, 1.165) is 12.1 Å². The molecule has 0 aliphatic carbocycles. The number of benzene rings is 1. The van der Waals surface area contributed by atoms with Crippen LogP contribution in [0.1, 0.15) is 37.6 Å². The first-order valence-electron chi connectivity index (χ1n) is 5.75. The summed E-state index contributed by atoms with van der Waals surface area (Å²) >= 11 is 6.05. The molecule has 1 aromatic carbocycles. The Morgan fingerprint density at radius 2 is 2.12 bits per heavy atom. The number of halogens is 1. The maximum absolute atomic E-state index is 10.8. The fraction of sp³-hybridized carbons (Fsp3) is 0.462. The summed E-state index contributed by atoms with van der Waals surface area (Å²) in [7, 11) is 0. The van der Waals surface area contributed by atoms with Crippen molar-refractivity contribution >= 4 is 23.3 Å². The van der Waals surface area contributed by atoms with Gasteiger partial charge in [0, 0.05) is 6.04 Å². The minimum Gasteiger partial charge on any atom is -0.478 e. The Kier molecular flexibility index (Phi) is 4.82. The van der Waals surface area contributed by atoms with Crippen LogP contribution in [0, 0.1) is 5.92 Å². The standard InChI is InChI=1S/C13H18ClNO2/c1-4-11(8(2)3)15-12-6-5-9(13(16)17)7-10(12)14/h5-8,11,15H,4H2,1-3H3,(H,16,17). The topological polar surface area (TPSA) is 49.3 Å². The van der Waals surface area contributed by atoms with Crippen LogP contribution in [0.5, 0.6) is 0 Å². The summed E-state index contributed by atoms with van der Waals surface area (Å²) < 4.78 is 0. The molecule has 3 nitrogen and oxygen atoms in total. The monoisotopic (exact) mass is 255 g/mol. The fourth-order valence-electron chi connectivity index (χ4n) is 1.71. The van der Waals surface area contributed by atoms with E-state index in [0.29, 0.717) is 17.0 Å². The van der Waals surface area contributed by atoms with E-state index in [1.54, 1.807) is 12.1 Å². The van der Waals surface area contributed by atoms with Crippen LogP contribution in [0.2, 0.25) is 5.02 Å². The zero-order valence-electron chi connectivity index (χ0n) is 10.3. The maximum Gasteiger partial charge on any atom is 0.335 e. The molecule has 0 bridgehead atoms. The van der Waals surface area contributed by atoms with E-state index >= 15 is 0 Å². The lowest BCUT2D eigenvalue weighted by atomic mass is 10.0. The number of hydrogen-bond donors (Lipinski definition) is 2. The van der Waals surface area contributed by atoms with E-state index < -0.39 is 5.97 Å². The lowest BCUT2D eigenvalue weighted by Crippen LogP contribution is -2.24. The number of aromatic carboxylic acids is 1. The average Bonchev–Trinajstić information content (AvgIpc) is 2.26. The average molecular weight is 256 g/mol. The molecule has 0 radical (unpaired) electrons. The van der Waals surface area contributed by atoms with Crippen molar-refractivity contribution in [3.63, 3.8) is 0 Å². The van der Waals surface area contributed by atoms with E-state index in [4.69, 9.17) is 16.7 Å². The summed E-state index contributed by atoms with van der Waals surface area (Å²) in [5.74, 6) is -0.468. The summed E-state index contributed by atoms with van der Waals surface area (Å²) in [5, 5.41) is 12.6. The number of hydrogen-bond acceptors (Lipinski definition) is 2. The molecule has 17 heavy (non-hydrogen) atoms. The second-order valence-corrected chi connectivity index (χ2v) is 4.81. The van der Waals surface area contributed by atoms with Gasteiger partial charge in [-0.05, 0) is 30.5 Å². The van der Waals surface area contributed by atoms with Crippen molar-refractivity contribution in [2.24, 2.45) is 5.92 Å². The Hall–Kier alpha value is -1.22. The zero-order valence-corrected chi connectivity index (χ0v) is 11.1. The minimum atomic E-state index is -0.964. The first kappa shape index (κ1) is 13.8. The number of carboxylic acids is 1. The van der Waals surface area contributed by atoms with Gasteiger partial charge in [-0.15, -0.1) is 0 Å². The highest BCUT2D eigenvalue weighted by Gasteiger charge is 2.13. The molecule has 0 spiro atoms. The van der Waals surface area contributed by atoms with E-state index in [1.165, 1.54) is 6.07 Å². The molecule has 1 unspecified atom stereocenters. The van der Waals surface area contributed by atoms with Gasteiger partial charge in [0.1, 0.15) is 0 Å². The molecule has 0 fully saturated rings. The van der Waals surface area contributed by atoms with Crippen molar-refractivity contribution in [2.75, 3.05) is 5.32 Å². The first-order valence-corrected chi connectivity index (χ1v) is 6.12. The summed E-state index contributed by atoms with van der Waals surface area (Å²) in [5.41, 5.74) is 0.996. The normalized spacial score (nSPS) is 12.5. The first-order chi connectivity index (χ1) is 7.95. The Morgan fingerprint density at radius 1 is 1.47 bits per heavy atom. The van der Waals surface area contributed by atoms with Gasteiger partial charge < -0.3 is 10.4 Å². The molecule has 0 heterocycles. The number of anilines is 1. The van der Waals surface area contributed by atoms with Gasteiger partial charge in [-0.2, -0.15) is 0 Å². The Morgan fingerprint density at radius 3 is 2.53 bits per heavy atom. The zero-order chi connectivity index (χ0) is 13.0. The third kappa shape index (κ3) is 3.63. The molecule has 0 saturated heterocycles. The van der Waals surface area contributed by atoms with Gasteiger partial charge in [0.15, 0.2) is 0 Å². The second kappa shape index (κ2) is 5.92. The van der Waals surface area contributed by atoms with Crippen LogP contribution in [0.15, 0.2) is 18.2 Å². The molecule has 0 aromatic heterocycles. The number of rotatable bonds is 5. The Balaban J connectivity index is 2.89. The van der Waals surface area contributed by atoms with Crippen LogP contribution in [-0.4, -0.2) is 17.1 Å². The van der Waals surface area contributed by atoms with Gasteiger partial charge >= 0.3 is 5.97 Å². The van der Waals surface area contributed by atoms with Crippen LogP contribution in [0.25, 0.3) is 0 Å². The Labute approximate surface area is 107 Å². The lowest BCUT2D eigenvalue weighted by molar-refractivity contribution is 0.0697. The van der Waals surface area contributed by atoms with E-state index in [2.05, 4.69) is 26.1 Å². The van der Waals surface area contributed by atoms with Gasteiger partial charge in [-0.1, -0.05) is 32.4 Å². The largest absolute Gasteiger partial charge is 0.478 e. The van der Waals surface area contributed by atoms with Gasteiger partial charge in [0.25, 0.3) is 0 Å². The highest BCUT2D eigenvalue weighted by atomic mass is 35.5. The molecule has 4 heteroatoms. The molecule has 0 aliphatic heterocycles. The molecule has 0 amide bonds. The highest BCUT2D eigenvalue weighted by molar-refractivity contribution is 6.33. The van der Waals surface area contributed by atoms with Crippen molar-refractivity contribution in [3.8, 4) is 0 Å². The van der Waals surface area contributed by atoms with Gasteiger partial charge in [-0.25, -0.2) is 4.79 Å². The summed E-state index contributed by atoms with van der Waals surface area (Å²) in [6.07, 6.45) is 0.995. The lowest BCUT2D eigenvalue weighted by Gasteiger charge is -2.22. The van der Waals surface area contributed by atoms with Crippen LogP contribution in [0.4, 0.5) is 5.69 Å². The molecular formula is C13H18ClNO2. The number of nitrogens with one attached hydrogen (secondary N) is 1. The highest BCUT2D eigenvalue weighted by Crippen LogP contribution is 2.25. The molecule has 94 valence electrons. The number of carbonyl (C=O) groups is 1. The smallest absolute Gasteiger partial charge is 0.335 e. The summed E-state index contributed by atoms with van der Waals surface area (Å²) in [6, 6.07) is 5.09. The summed E-state index contributed by atoms with van der Waals surface area (Å²) in [6.45, 7) is 6.39. The quantitative estimate of drug-likeness (QED) is 0.839.